The van der Waals surface area contributed by atoms with Crippen LogP contribution >= 0.6 is 0 Å². The van der Waals surface area contributed by atoms with Gasteiger partial charge in [0.25, 0.3) is 0 Å². The third kappa shape index (κ3) is 7.18. The smallest absolute Gasteiger partial charge is 0.0507 e. The molecule has 0 spiro atoms. The number of hydrogen-bond acceptors (Lipinski definition) is 2. The van der Waals surface area contributed by atoms with Gasteiger partial charge in [-0.15, -0.1) is 6.58 Å². The molecule has 0 aliphatic heterocycles. The van der Waals surface area contributed by atoms with Crippen LogP contribution in [0, 0.1) is 10.8 Å². The molecule has 0 aliphatic carbocycles. The molecule has 0 saturated heterocycles. The first kappa shape index (κ1) is 14.2. The van der Waals surface area contributed by atoms with Gasteiger partial charge in [0.1, 0.15) is 0 Å². The molecule has 0 aliphatic rings. The lowest BCUT2D eigenvalue weighted by molar-refractivity contribution is 0.411. The molecule has 0 bridgehead atoms. The van der Waals surface area contributed by atoms with E-state index in [9.17, 15) is 0 Å². The minimum Gasteiger partial charge on any atom is -0.306 e. The maximum Gasteiger partial charge on any atom is 0.0507 e. The van der Waals surface area contributed by atoms with E-state index in [1.54, 1.807) is 0 Å². The molecule has 0 unspecified atom stereocenters. The summed E-state index contributed by atoms with van der Waals surface area (Å²) in [6.07, 6.45) is 2.83. The van der Waals surface area contributed by atoms with Crippen LogP contribution in [0.25, 0.3) is 0 Å². The average molecular weight is 210 g/mol. The molecule has 1 N–H and O–H groups in total. The van der Waals surface area contributed by atoms with Crippen molar-refractivity contribution in [2.45, 2.75) is 48.0 Å². The molecule has 2 nitrogen and oxygen atoms in total. The van der Waals surface area contributed by atoms with Crippen molar-refractivity contribution in [3.05, 3.63) is 12.7 Å². The molecule has 0 aromatic carbocycles. The summed E-state index contributed by atoms with van der Waals surface area (Å²) in [6.45, 7) is 17.7. The van der Waals surface area contributed by atoms with Crippen molar-refractivity contribution in [3.8, 4) is 0 Å². The molecule has 0 atom stereocenters. The summed E-state index contributed by atoms with van der Waals surface area (Å²) in [5, 5.41) is 4.47. The lowest BCUT2D eigenvalue weighted by Crippen LogP contribution is -2.28. The van der Waals surface area contributed by atoms with Crippen LogP contribution in [0.1, 0.15) is 48.0 Å². The van der Waals surface area contributed by atoms with E-state index in [0.29, 0.717) is 0 Å². The minimum absolute atomic E-state index is 0.126. The Balaban J connectivity index is 4.60. The highest BCUT2D eigenvalue weighted by Gasteiger charge is 2.24. The quantitative estimate of drug-likeness (QED) is 0.326. The number of hydrazone groups is 1. The summed E-state index contributed by atoms with van der Waals surface area (Å²) in [5.74, 6) is 0. The van der Waals surface area contributed by atoms with Crippen LogP contribution in [0.4, 0.5) is 0 Å². The standard InChI is InChI=1S/C13H26N2/c1-8-9-14-15-11(13(5,6)7)10-12(2,3)4/h8,14H,1,9-10H2,2-7H3. The van der Waals surface area contributed by atoms with Crippen LogP contribution < -0.4 is 5.43 Å². The molecule has 0 aromatic heterocycles. The lowest BCUT2D eigenvalue weighted by atomic mass is 9.79. The van der Waals surface area contributed by atoms with Crippen molar-refractivity contribution in [3.63, 3.8) is 0 Å². The van der Waals surface area contributed by atoms with Gasteiger partial charge in [-0.3, -0.25) is 0 Å². The third-order valence-corrected chi connectivity index (χ3v) is 2.01. The fourth-order valence-corrected chi connectivity index (χ4v) is 1.18. The first-order chi connectivity index (χ1) is 6.67. The normalized spacial score (nSPS) is 13.9. The van der Waals surface area contributed by atoms with E-state index >= 15 is 0 Å². The third-order valence-electron chi connectivity index (χ3n) is 2.01. The van der Waals surface area contributed by atoms with Crippen molar-refractivity contribution >= 4 is 5.71 Å². The maximum absolute atomic E-state index is 4.47. The topological polar surface area (TPSA) is 24.4 Å². The number of nitrogens with one attached hydrogen (secondary N) is 1. The molecule has 0 aromatic rings. The van der Waals surface area contributed by atoms with Crippen LogP contribution in [-0.2, 0) is 0 Å². The van der Waals surface area contributed by atoms with Crippen molar-refractivity contribution < 1.29 is 0 Å². The Morgan fingerprint density at radius 2 is 1.73 bits per heavy atom. The zero-order chi connectivity index (χ0) is 12.1. The Bertz CT molecular complexity index is 226. The monoisotopic (exact) mass is 210 g/mol. The molecule has 0 saturated carbocycles. The Morgan fingerprint density at radius 3 is 2.07 bits per heavy atom. The Morgan fingerprint density at radius 1 is 1.20 bits per heavy atom. The summed E-state index contributed by atoms with van der Waals surface area (Å²) in [5.41, 5.74) is 4.66. The van der Waals surface area contributed by atoms with E-state index in [1.165, 1.54) is 5.71 Å². The first-order valence-corrected chi connectivity index (χ1v) is 5.57. The summed E-state index contributed by atoms with van der Waals surface area (Å²) in [7, 11) is 0. The van der Waals surface area contributed by atoms with Gasteiger partial charge in [0, 0.05) is 11.1 Å². The van der Waals surface area contributed by atoms with Crippen molar-refractivity contribution in [1.29, 1.82) is 0 Å². The molecular formula is C13H26N2. The van der Waals surface area contributed by atoms with Crippen molar-refractivity contribution in [2.24, 2.45) is 15.9 Å². The molecule has 15 heavy (non-hydrogen) atoms. The SMILES string of the molecule is C=CCNN=C(CC(C)(C)C)C(C)(C)C. The van der Waals surface area contributed by atoms with Crippen LogP contribution in [-0.4, -0.2) is 12.3 Å². The van der Waals surface area contributed by atoms with Gasteiger partial charge in [0.05, 0.1) is 6.54 Å². The zero-order valence-electron chi connectivity index (χ0n) is 11.1. The molecule has 0 fully saturated rings. The van der Waals surface area contributed by atoms with E-state index in [4.69, 9.17) is 0 Å². The Labute approximate surface area is 94.8 Å². The zero-order valence-corrected chi connectivity index (χ0v) is 11.1. The van der Waals surface area contributed by atoms with Crippen LogP contribution in [0.2, 0.25) is 0 Å². The van der Waals surface area contributed by atoms with Crippen LogP contribution in [0.5, 0.6) is 0 Å². The van der Waals surface area contributed by atoms with Gasteiger partial charge in [-0.25, -0.2) is 0 Å². The van der Waals surface area contributed by atoms with Crippen molar-refractivity contribution in [2.75, 3.05) is 6.54 Å². The number of nitrogens with zero attached hydrogens (tertiary/aromatic N) is 1. The first-order valence-electron chi connectivity index (χ1n) is 5.57. The molecule has 0 radical (unpaired) electrons. The highest BCUT2D eigenvalue weighted by molar-refractivity contribution is 5.89. The van der Waals surface area contributed by atoms with E-state index < -0.39 is 0 Å². The van der Waals surface area contributed by atoms with E-state index in [2.05, 4.69) is 58.6 Å². The molecule has 0 amide bonds. The fraction of sp³-hybridized carbons (Fsp3) is 0.769. The van der Waals surface area contributed by atoms with Crippen LogP contribution in [0.15, 0.2) is 17.8 Å². The van der Waals surface area contributed by atoms with Gasteiger partial charge in [-0.05, 0) is 11.8 Å². The Hall–Kier alpha value is -0.790. The number of hydrogen-bond donors (Lipinski definition) is 1. The minimum atomic E-state index is 0.126. The lowest BCUT2D eigenvalue weighted by Gasteiger charge is -2.27. The van der Waals surface area contributed by atoms with Gasteiger partial charge in [0.15, 0.2) is 0 Å². The predicted molar refractivity (Wildman–Crippen MR) is 69.2 cm³/mol. The van der Waals surface area contributed by atoms with Gasteiger partial charge in [0.2, 0.25) is 0 Å². The maximum atomic E-state index is 4.47. The fourth-order valence-electron chi connectivity index (χ4n) is 1.18. The second kappa shape index (κ2) is 5.34. The summed E-state index contributed by atoms with van der Waals surface area (Å²) >= 11 is 0. The average Bonchev–Trinajstić information content (AvgIpc) is 1.99. The predicted octanol–water partition coefficient (Wildman–Crippen LogP) is 3.60. The largest absolute Gasteiger partial charge is 0.306 e. The van der Waals surface area contributed by atoms with Gasteiger partial charge >= 0.3 is 0 Å². The second-order valence-corrected chi connectivity index (χ2v) is 6.20. The van der Waals surface area contributed by atoms with E-state index in [1.807, 2.05) is 6.08 Å². The highest BCUT2D eigenvalue weighted by Crippen LogP contribution is 2.27. The Kier molecular flexibility index (Phi) is 5.06. The molecule has 2 heteroatoms. The van der Waals surface area contributed by atoms with E-state index in [0.717, 1.165) is 13.0 Å². The van der Waals surface area contributed by atoms with Crippen LogP contribution in [0.3, 0.4) is 0 Å². The van der Waals surface area contributed by atoms with Gasteiger partial charge < -0.3 is 5.43 Å². The van der Waals surface area contributed by atoms with E-state index in [-0.39, 0.29) is 10.8 Å². The van der Waals surface area contributed by atoms with Gasteiger partial charge in [-0.1, -0.05) is 47.6 Å². The number of rotatable bonds is 4. The van der Waals surface area contributed by atoms with Gasteiger partial charge in [-0.2, -0.15) is 5.10 Å². The summed E-state index contributed by atoms with van der Waals surface area (Å²) < 4.78 is 0. The highest BCUT2D eigenvalue weighted by atomic mass is 15.3. The summed E-state index contributed by atoms with van der Waals surface area (Å²) in [6, 6.07) is 0. The molecule has 0 heterocycles. The second-order valence-electron chi connectivity index (χ2n) is 6.20. The summed E-state index contributed by atoms with van der Waals surface area (Å²) in [4.78, 5) is 0. The molecule has 88 valence electrons. The molecular weight excluding hydrogens is 184 g/mol. The van der Waals surface area contributed by atoms with Crippen molar-refractivity contribution in [1.82, 2.24) is 5.43 Å². The molecule has 0 rings (SSSR count).